The van der Waals surface area contributed by atoms with Crippen molar-refractivity contribution in [3.8, 4) is 5.75 Å². The van der Waals surface area contributed by atoms with Crippen molar-refractivity contribution in [3.63, 3.8) is 0 Å². The van der Waals surface area contributed by atoms with Gasteiger partial charge < -0.3 is 14.7 Å². The number of ether oxygens (including phenoxy) is 1. The summed E-state index contributed by atoms with van der Waals surface area (Å²) in [5, 5.41) is 8.65. The molecule has 0 saturated heterocycles. The Morgan fingerprint density at radius 3 is 2.58 bits per heavy atom. The van der Waals surface area contributed by atoms with Gasteiger partial charge in [-0.2, -0.15) is 0 Å². The number of methoxy groups -OCH3 is 1. The van der Waals surface area contributed by atoms with Crippen molar-refractivity contribution in [2.75, 3.05) is 20.7 Å². The lowest BCUT2D eigenvalue weighted by Gasteiger charge is -2.19. The third kappa shape index (κ3) is 4.28. The Balaban J connectivity index is 2.71. The van der Waals surface area contributed by atoms with E-state index in [1.807, 2.05) is 31.2 Å². The minimum Gasteiger partial charge on any atom is -0.496 e. The topological polar surface area (TPSA) is 66.8 Å². The Morgan fingerprint density at radius 2 is 2.00 bits per heavy atom. The molecule has 0 radical (unpaired) electrons. The highest BCUT2D eigenvalue weighted by atomic mass is 16.5. The van der Waals surface area contributed by atoms with E-state index in [2.05, 4.69) is 0 Å². The molecule has 104 valence electrons. The maximum atomic E-state index is 11.9. The first kappa shape index (κ1) is 15.0. The van der Waals surface area contributed by atoms with E-state index in [0.717, 1.165) is 11.3 Å². The summed E-state index contributed by atoms with van der Waals surface area (Å²) in [4.78, 5) is 23.7. The van der Waals surface area contributed by atoms with Crippen LogP contribution in [-0.4, -0.2) is 42.6 Å². The van der Waals surface area contributed by atoms with Crippen LogP contribution in [0.3, 0.4) is 0 Å². The quantitative estimate of drug-likeness (QED) is 0.850. The lowest BCUT2D eigenvalue weighted by molar-refractivity contribution is -0.143. The lowest BCUT2D eigenvalue weighted by Crippen LogP contribution is -2.32. The standard InChI is InChI=1S/C14H19NO4/c1-10(8-13(16)15(2)9-14(17)18)11-6-4-5-7-12(11)19-3/h4-7,10H,8-9H2,1-3H3,(H,17,18). The van der Waals surface area contributed by atoms with Crippen LogP contribution in [-0.2, 0) is 9.59 Å². The minimum absolute atomic E-state index is 0.0279. The third-order valence-electron chi connectivity index (χ3n) is 2.95. The second-order valence-corrected chi connectivity index (χ2v) is 4.49. The Labute approximate surface area is 112 Å². The molecule has 0 heterocycles. The molecule has 0 fully saturated rings. The summed E-state index contributed by atoms with van der Waals surface area (Å²) < 4.78 is 5.25. The minimum atomic E-state index is -1.01. The first-order valence-electron chi connectivity index (χ1n) is 6.04. The smallest absolute Gasteiger partial charge is 0.323 e. The summed E-state index contributed by atoms with van der Waals surface area (Å²) in [6.45, 7) is 1.64. The van der Waals surface area contributed by atoms with Crippen molar-refractivity contribution in [1.82, 2.24) is 4.90 Å². The molecule has 0 aliphatic rings. The van der Waals surface area contributed by atoms with Crippen molar-refractivity contribution >= 4 is 11.9 Å². The number of carbonyl (C=O) groups excluding carboxylic acids is 1. The fraction of sp³-hybridized carbons (Fsp3) is 0.429. The van der Waals surface area contributed by atoms with Crippen LogP contribution in [0.5, 0.6) is 5.75 Å². The van der Waals surface area contributed by atoms with Gasteiger partial charge >= 0.3 is 5.97 Å². The summed E-state index contributed by atoms with van der Waals surface area (Å²) in [7, 11) is 3.08. The predicted octanol–water partition coefficient (Wildman–Crippen LogP) is 1.73. The first-order chi connectivity index (χ1) is 8.95. The summed E-state index contributed by atoms with van der Waals surface area (Å²) >= 11 is 0. The van der Waals surface area contributed by atoms with Gasteiger partial charge in [0.1, 0.15) is 12.3 Å². The summed E-state index contributed by atoms with van der Waals surface area (Å²) in [5.74, 6) is -0.495. The zero-order valence-electron chi connectivity index (χ0n) is 11.4. The number of likely N-dealkylation sites (N-methyl/N-ethyl adjacent to an activating group) is 1. The molecule has 0 spiro atoms. The highest BCUT2D eigenvalue weighted by Crippen LogP contribution is 2.28. The van der Waals surface area contributed by atoms with Gasteiger partial charge in [-0.15, -0.1) is 0 Å². The van der Waals surface area contributed by atoms with E-state index < -0.39 is 5.97 Å². The molecule has 5 nitrogen and oxygen atoms in total. The van der Waals surface area contributed by atoms with Gasteiger partial charge in [0.05, 0.1) is 7.11 Å². The number of hydrogen-bond donors (Lipinski definition) is 1. The van der Waals surface area contributed by atoms with Gasteiger partial charge in [0, 0.05) is 13.5 Å². The van der Waals surface area contributed by atoms with Gasteiger partial charge in [0.15, 0.2) is 0 Å². The molecule has 0 saturated carbocycles. The van der Waals surface area contributed by atoms with E-state index >= 15 is 0 Å². The average Bonchev–Trinajstić information content (AvgIpc) is 2.37. The van der Waals surface area contributed by atoms with Gasteiger partial charge in [-0.05, 0) is 17.5 Å². The molecule has 5 heteroatoms. The first-order valence-corrected chi connectivity index (χ1v) is 6.04. The Hall–Kier alpha value is -2.04. The van der Waals surface area contributed by atoms with Crippen molar-refractivity contribution in [1.29, 1.82) is 0 Å². The highest BCUT2D eigenvalue weighted by molar-refractivity contribution is 5.81. The van der Waals surface area contributed by atoms with Crippen LogP contribution in [0.2, 0.25) is 0 Å². The number of carbonyl (C=O) groups is 2. The van der Waals surface area contributed by atoms with Crippen LogP contribution in [0.1, 0.15) is 24.8 Å². The monoisotopic (exact) mass is 265 g/mol. The van der Waals surface area contributed by atoms with Crippen LogP contribution >= 0.6 is 0 Å². The molecule has 1 N–H and O–H groups in total. The summed E-state index contributed by atoms with van der Waals surface area (Å²) in [6.07, 6.45) is 0.254. The molecule has 0 aromatic heterocycles. The number of nitrogens with zero attached hydrogens (tertiary/aromatic N) is 1. The molecule has 1 aromatic carbocycles. The molecule has 0 bridgehead atoms. The van der Waals surface area contributed by atoms with E-state index in [1.54, 1.807) is 7.11 Å². The number of hydrogen-bond acceptors (Lipinski definition) is 3. The number of carboxylic acids is 1. The lowest BCUT2D eigenvalue weighted by atomic mass is 9.96. The van der Waals surface area contributed by atoms with E-state index in [4.69, 9.17) is 9.84 Å². The van der Waals surface area contributed by atoms with Crippen molar-refractivity contribution in [2.45, 2.75) is 19.3 Å². The highest BCUT2D eigenvalue weighted by Gasteiger charge is 2.18. The van der Waals surface area contributed by atoms with Crippen LogP contribution in [0, 0.1) is 0 Å². The third-order valence-corrected chi connectivity index (χ3v) is 2.95. The Kier molecular flexibility index (Phi) is 5.36. The number of rotatable bonds is 6. The molecule has 0 aliphatic heterocycles. The maximum absolute atomic E-state index is 11.9. The molecule has 1 aromatic rings. The van der Waals surface area contributed by atoms with E-state index in [1.165, 1.54) is 11.9 Å². The van der Waals surface area contributed by atoms with Crippen LogP contribution in [0.25, 0.3) is 0 Å². The van der Waals surface area contributed by atoms with Crippen molar-refractivity contribution in [2.24, 2.45) is 0 Å². The van der Waals surface area contributed by atoms with Crippen LogP contribution in [0.15, 0.2) is 24.3 Å². The molecule has 19 heavy (non-hydrogen) atoms. The van der Waals surface area contributed by atoms with Gasteiger partial charge in [-0.25, -0.2) is 0 Å². The number of para-hydroxylation sites is 1. The van der Waals surface area contributed by atoms with E-state index in [9.17, 15) is 9.59 Å². The molecular weight excluding hydrogens is 246 g/mol. The predicted molar refractivity (Wildman–Crippen MR) is 71.3 cm³/mol. The van der Waals surface area contributed by atoms with E-state index in [0.29, 0.717) is 0 Å². The van der Waals surface area contributed by atoms with Gasteiger partial charge in [-0.3, -0.25) is 9.59 Å². The molecule has 1 amide bonds. The Bertz CT molecular complexity index is 459. The fourth-order valence-corrected chi connectivity index (χ4v) is 1.89. The number of benzene rings is 1. The summed E-state index contributed by atoms with van der Waals surface area (Å²) in [6, 6.07) is 7.51. The number of aliphatic carboxylic acids is 1. The number of amides is 1. The van der Waals surface area contributed by atoms with Crippen LogP contribution < -0.4 is 4.74 Å². The second kappa shape index (κ2) is 6.78. The van der Waals surface area contributed by atoms with Crippen LogP contribution in [0.4, 0.5) is 0 Å². The zero-order valence-corrected chi connectivity index (χ0v) is 11.4. The fourth-order valence-electron chi connectivity index (χ4n) is 1.89. The molecule has 0 aliphatic carbocycles. The van der Waals surface area contributed by atoms with Gasteiger partial charge in [-0.1, -0.05) is 25.1 Å². The number of carboxylic acid groups (broad SMARTS) is 1. The molecule has 1 rings (SSSR count). The van der Waals surface area contributed by atoms with Gasteiger partial charge in [0.25, 0.3) is 0 Å². The molecular formula is C14H19NO4. The van der Waals surface area contributed by atoms with E-state index in [-0.39, 0.29) is 24.8 Å². The van der Waals surface area contributed by atoms with Crippen molar-refractivity contribution in [3.05, 3.63) is 29.8 Å². The van der Waals surface area contributed by atoms with Gasteiger partial charge in [0.2, 0.25) is 5.91 Å². The molecule has 1 unspecified atom stereocenters. The summed E-state index contributed by atoms with van der Waals surface area (Å²) in [5.41, 5.74) is 0.946. The average molecular weight is 265 g/mol. The largest absolute Gasteiger partial charge is 0.496 e. The van der Waals surface area contributed by atoms with Crippen molar-refractivity contribution < 1.29 is 19.4 Å². The second-order valence-electron chi connectivity index (χ2n) is 4.49. The Morgan fingerprint density at radius 1 is 1.37 bits per heavy atom. The maximum Gasteiger partial charge on any atom is 0.323 e. The SMILES string of the molecule is COc1ccccc1C(C)CC(=O)N(C)CC(=O)O. The normalized spacial score (nSPS) is 11.7. The zero-order chi connectivity index (χ0) is 14.4. The molecule has 1 atom stereocenters.